The van der Waals surface area contributed by atoms with Gasteiger partial charge in [0.2, 0.25) is 0 Å². The van der Waals surface area contributed by atoms with Crippen molar-refractivity contribution in [2.24, 2.45) is 5.73 Å². The molecule has 1 atom stereocenters. The molecule has 0 aromatic heterocycles. The molecule has 0 aliphatic rings. The second-order valence-electron chi connectivity index (χ2n) is 3.86. The summed E-state index contributed by atoms with van der Waals surface area (Å²) >= 11 is 0. The van der Waals surface area contributed by atoms with Gasteiger partial charge in [0.25, 0.3) is 0 Å². The van der Waals surface area contributed by atoms with Crippen molar-refractivity contribution in [1.29, 1.82) is 0 Å². The molecule has 1 aromatic rings. The number of hydrogen-bond acceptors (Lipinski definition) is 3. The molecular formula is C12H20N2O. The molecule has 4 N–H and O–H groups in total. The van der Waals surface area contributed by atoms with Crippen LogP contribution >= 0.6 is 0 Å². The summed E-state index contributed by atoms with van der Waals surface area (Å²) < 4.78 is 0. The average molecular weight is 208 g/mol. The highest BCUT2D eigenvalue weighted by Crippen LogP contribution is 2.16. The van der Waals surface area contributed by atoms with Crippen LogP contribution < -0.4 is 11.1 Å². The Balaban J connectivity index is 2.66. The molecule has 0 heterocycles. The standard InChI is InChI=1S/C12H20N2O/c1-3-11(13)7-14-12-6-10(8-15)5-4-9(12)2/h4-6,11,14-15H,3,7-8,13H2,1-2H3. The number of aliphatic hydroxyl groups excluding tert-OH is 1. The summed E-state index contributed by atoms with van der Waals surface area (Å²) in [6, 6.07) is 6.09. The van der Waals surface area contributed by atoms with E-state index in [0.29, 0.717) is 0 Å². The van der Waals surface area contributed by atoms with Crippen LogP contribution in [0.3, 0.4) is 0 Å². The second-order valence-corrected chi connectivity index (χ2v) is 3.86. The first-order chi connectivity index (χ1) is 7.17. The summed E-state index contributed by atoms with van der Waals surface area (Å²) in [6.45, 7) is 4.96. The van der Waals surface area contributed by atoms with Crippen LogP contribution in [0.25, 0.3) is 0 Å². The number of nitrogens with two attached hydrogens (primary N) is 1. The van der Waals surface area contributed by atoms with E-state index in [0.717, 1.165) is 24.2 Å². The van der Waals surface area contributed by atoms with Gasteiger partial charge in [-0.15, -0.1) is 0 Å². The zero-order chi connectivity index (χ0) is 11.3. The molecule has 0 saturated carbocycles. The van der Waals surface area contributed by atoms with Gasteiger partial charge in [0.05, 0.1) is 6.61 Å². The van der Waals surface area contributed by atoms with E-state index in [-0.39, 0.29) is 12.6 Å². The predicted octanol–water partition coefficient (Wildman–Crippen LogP) is 1.64. The molecule has 0 radical (unpaired) electrons. The number of nitrogens with one attached hydrogen (secondary N) is 1. The third kappa shape index (κ3) is 3.53. The minimum absolute atomic E-state index is 0.0782. The van der Waals surface area contributed by atoms with Crippen molar-refractivity contribution in [3.05, 3.63) is 29.3 Å². The summed E-state index contributed by atoms with van der Waals surface area (Å²) in [5.41, 5.74) is 8.99. The molecule has 0 aliphatic heterocycles. The van der Waals surface area contributed by atoms with Crippen LogP contribution in [-0.4, -0.2) is 17.7 Å². The molecule has 3 nitrogen and oxygen atoms in total. The lowest BCUT2D eigenvalue weighted by Crippen LogP contribution is -2.28. The Bertz CT molecular complexity index is 312. The van der Waals surface area contributed by atoms with Gasteiger partial charge >= 0.3 is 0 Å². The number of hydrogen-bond donors (Lipinski definition) is 3. The van der Waals surface area contributed by atoms with Crippen LogP contribution in [0, 0.1) is 6.92 Å². The zero-order valence-electron chi connectivity index (χ0n) is 9.46. The second kappa shape index (κ2) is 5.73. The topological polar surface area (TPSA) is 58.3 Å². The maximum Gasteiger partial charge on any atom is 0.0682 e. The molecule has 1 rings (SSSR count). The molecule has 0 fully saturated rings. The molecule has 0 bridgehead atoms. The van der Waals surface area contributed by atoms with Gasteiger partial charge in [0, 0.05) is 18.3 Å². The van der Waals surface area contributed by atoms with Gasteiger partial charge in [0.1, 0.15) is 0 Å². The lowest BCUT2D eigenvalue weighted by atomic mass is 10.1. The van der Waals surface area contributed by atoms with Gasteiger partial charge < -0.3 is 16.2 Å². The lowest BCUT2D eigenvalue weighted by Gasteiger charge is -2.14. The molecule has 0 aliphatic carbocycles. The quantitative estimate of drug-likeness (QED) is 0.689. The van der Waals surface area contributed by atoms with E-state index in [1.807, 2.05) is 25.1 Å². The molecule has 0 amide bonds. The molecule has 0 saturated heterocycles. The van der Waals surface area contributed by atoms with E-state index >= 15 is 0 Å². The SMILES string of the molecule is CCC(N)CNc1cc(CO)ccc1C. The van der Waals surface area contributed by atoms with Crippen LogP contribution in [0.4, 0.5) is 5.69 Å². The number of benzene rings is 1. The van der Waals surface area contributed by atoms with Crippen LogP contribution in [0.5, 0.6) is 0 Å². The van der Waals surface area contributed by atoms with Gasteiger partial charge in [0.15, 0.2) is 0 Å². The Morgan fingerprint density at radius 2 is 2.20 bits per heavy atom. The number of aliphatic hydroxyl groups is 1. The summed E-state index contributed by atoms with van der Waals surface area (Å²) in [5.74, 6) is 0. The fraction of sp³-hybridized carbons (Fsp3) is 0.500. The predicted molar refractivity (Wildman–Crippen MR) is 63.9 cm³/mol. The number of anilines is 1. The third-order valence-corrected chi connectivity index (χ3v) is 2.56. The smallest absolute Gasteiger partial charge is 0.0682 e. The summed E-state index contributed by atoms with van der Waals surface area (Å²) in [6.07, 6.45) is 0.964. The van der Waals surface area contributed by atoms with Gasteiger partial charge in [-0.3, -0.25) is 0 Å². The fourth-order valence-electron chi connectivity index (χ4n) is 1.34. The Morgan fingerprint density at radius 3 is 2.80 bits per heavy atom. The van der Waals surface area contributed by atoms with E-state index < -0.39 is 0 Å². The van der Waals surface area contributed by atoms with Crippen molar-refractivity contribution in [2.75, 3.05) is 11.9 Å². The summed E-state index contributed by atoms with van der Waals surface area (Å²) in [5, 5.41) is 12.3. The van der Waals surface area contributed by atoms with E-state index in [1.54, 1.807) is 0 Å². The lowest BCUT2D eigenvalue weighted by molar-refractivity contribution is 0.282. The molecule has 0 spiro atoms. The summed E-state index contributed by atoms with van der Waals surface area (Å²) in [4.78, 5) is 0. The highest BCUT2D eigenvalue weighted by Gasteiger charge is 2.02. The Labute approximate surface area is 91.3 Å². The molecule has 3 heteroatoms. The molecule has 15 heavy (non-hydrogen) atoms. The van der Waals surface area contributed by atoms with Crippen molar-refractivity contribution >= 4 is 5.69 Å². The van der Waals surface area contributed by atoms with Crippen LogP contribution in [0.15, 0.2) is 18.2 Å². The van der Waals surface area contributed by atoms with Crippen molar-refractivity contribution in [2.45, 2.75) is 32.9 Å². The monoisotopic (exact) mass is 208 g/mol. The van der Waals surface area contributed by atoms with E-state index in [1.165, 1.54) is 5.56 Å². The molecular weight excluding hydrogens is 188 g/mol. The highest BCUT2D eigenvalue weighted by atomic mass is 16.3. The van der Waals surface area contributed by atoms with Crippen LogP contribution in [0.2, 0.25) is 0 Å². The van der Waals surface area contributed by atoms with Crippen LogP contribution in [0.1, 0.15) is 24.5 Å². The maximum atomic E-state index is 9.02. The van der Waals surface area contributed by atoms with Gasteiger partial charge in [-0.1, -0.05) is 19.1 Å². The van der Waals surface area contributed by atoms with Crippen LogP contribution in [-0.2, 0) is 6.61 Å². The number of aryl methyl sites for hydroxylation is 1. The van der Waals surface area contributed by atoms with E-state index in [9.17, 15) is 0 Å². The first-order valence-electron chi connectivity index (χ1n) is 5.37. The van der Waals surface area contributed by atoms with Crippen molar-refractivity contribution in [3.8, 4) is 0 Å². The normalized spacial score (nSPS) is 12.5. The zero-order valence-corrected chi connectivity index (χ0v) is 9.46. The van der Waals surface area contributed by atoms with E-state index in [2.05, 4.69) is 12.2 Å². The van der Waals surface area contributed by atoms with Gasteiger partial charge in [-0.25, -0.2) is 0 Å². The maximum absolute atomic E-state index is 9.02. The largest absolute Gasteiger partial charge is 0.392 e. The highest BCUT2D eigenvalue weighted by molar-refractivity contribution is 5.52. The van der Waals surface area contributed by atoms with Crippen molar-refractivity contribution in [1.82, 2.24) is 0 Å². The summed E-state index contributed by atoms with van der Waals surface area (Å²) in [7, 11) is 0. The molecule has 1 aromatic carbocycles. The first-order valence-corrected chi connectivity index (χ1v) is 5.37. The molecule has 84 valence electrons. The minimum Gasteiger partial charge on any atom is -0.392 e. The fourth-order valence-corrected chi connectivity index (χ4v) is 1.34. The third-order valence-electron chi connectivity index (χ3n) is 2.56. The average Bonchev–Trinajstić information content (AvgIpc) is 2.27. The van der Waals surface area contributed by atoms with E-state index in [4.69, 9.17) is 10.8 Å². The Morgan fingerprint density at radius 1 is 1.47 bits per heavy atom. The van der Waals surface area contributed by atoms with Crippen molar-refractivity contribution in [3.63, 3.8) is 0 Å². The Kier molecular flexibility index (Phi) is 4.59. The number of rotatable bonds is 5. The minimum atomic E-state index is 0.0782. The molecule has 1 unspecified atom stereocenters. The Hall–Kier alpha value is -1.06. The first kappa shape index (κ1) is 12.0. The van der Waals surface area contributed by atoms with Gasteiger partial charge in [-0.2, -0.15) is 0 Å². The van der Waals surface area contributed by atoms with Gasteiger partial charge in [-0.05, 0) is 30.5 Å². The van der Waals surface area contributed by atoms with Crippen molar-refractivity contribution < 1.29 is 5.11 Å².